The van der Waals surface area contributed by atoms with Crippen LogP contribution in [0.15, 0.2) is 37.1 Å². The maximum Gasteiger partial charge on any atom is 0.127 e. The molecule has 0 saturated heterocycles. The summed E-state index contributed by atoms with van der Waals surface area (Å²) < 4.78 is 5.90. The minimum absolute atomic E-state index is 0.496. The van der Waals surface area contributed by atoms with Crippen LogP contribution >= 0.6 is 0 Å². The first-order chi connectivity index (χ1) is 9.62. The van der Waals surface area contributed by atoms with Crippen molar-refractivity contribution in [1.82, 2.24) is 5.32 Å². The summed E-state index contributed by atoms with van der Waals surface area (Å²) in [5.41, 5.74) is 4.46. The van der Waals surface area contributed by atoms with E-state index >= 15 is 0 Å². The Kier molecular flexibility index (Phi) is 6.92. The Morgan fingerprint density at radius 2 is 1.95 bits per heavy atom. The Labute approximate surface area is 123 Å². The summed E-state index contributed by atoms with van der Waals surface area (Å²) in [7, 11) is 0. The molecule has 2 nitrogen and oxygen atoms in total. The number of hydrogen-bond acceptors (Lipinski definition) is 2. The van der Waals surface area contributed by atoms with Gasteiger partial charge in [-0.05, 0) is 42.5 Å². The molecule has 0 amide bonds. The highest BCUT2D eigenvalue weighted by Gasteiger charge is 2.08. The molecular weight excluding hydrogens is 246 g/mol. The minimum atomic E-state index is 0.496. The lowest BCUT2D eigenvalue weighted by Crippen LogP contribution is -2.18. The molecule has 1 aromatic carbocycles. The van der Waals surface area contributed by atoms with E-state index in [4.69, 9.17) is 4.74 Å². The molecule has 0 radical (unpaired) electrons. The quantitative estimate of drug-likeness (QED) is 0.712. The van der Waals surface area contributed by atoms with E-state index in [0.29, 0.717) is 6.61 Å². The molecule has 0 fully saturated rings. The van der Waals surface area contributed by atoms with Crippen molar-refractivity contribution >= 4 is 5.57 Å². The highest BCUT2D eigenvalue weighted by Crippen LogP contribution is 2.28. The predicted octanol–water partition coefficient (Wildman–Crippen LogP) is 4.56. The molecule has 0 atom stereocenters. The van der Waals surface area contributed by atoms with Crippen LogP contribution < -0.4 is 10.1 Å². The van der Waals surface area contributed by atoms with Gasteiger partial charge in [-0.3, -0.25) is 0 Å². The SMILES string of the molecule is C=C(COc1ccc(CC)cc1C(=C)CC)NCCC. The van der Waals surface area contributed by atoms with Crippen molar-refractivity contribution in [3.63, 3.8) is 0 Å². The van der Waals surface area contributed by atoms with Gasteiger partial charge in [0.2, 0.25) is 0 Å². The number of benzene rings is 1. The van der Waals surface area contributed by atoms with Crippen molar-refractivity contribution < 1.29 is 4.74 Å². The van der Waals surface area contributed by atoms with Crippen LogP contribution in [-0.2, 0) is 6.42 Å². The van der Waals surface area contributed by atoms with Gasteiger partial charge in [0, 0.05) is 17.8 Å². The van der Waals surface area contributed by atoms with E-state index in [-0.39, 0.29) is 0 Å². The van der Waals surface area contributed by atoms with Gasteiger partial charge in [-0.25, -0.2) is 0 Å². The van der Waals surface area contributed by atoms with Gasteiger partial charge in [0.15, 0.2) is 0 Å². The molecule has 0 unspecified atom stereocenters. The average Bonchev–Trinajstić information content (AvgIpc) is 2.49. The third-order valence-corrected chi connectivity index (χ3v) is 3.29. The Bertz CT molecular complexity index is 462. The van der Waals surface area contributed by atoms with Crippen molar-refractivity contribution in [2.45, 2.75) is 40.0 Å². The van der Waals surface area contributed by atoms with Crippen molar-refractivity contribution in [3.05, 3.63) is 48.2 Å². The van der Waals surface area contributed by atoms with Crippen LogP contribution in [0.1, 0.15) is 44.7 Å². The molecule has 1 rings (SSSR count). The van der Waals surface area contributed by atoms with Crippen LogP contribution in [0.3, 0.4) is 0 Å². The van der Waals surface area contributed by atoms with Gasteiger partial charge in [0.25, 0.3) is 0 Å². The molecular formula is C18H27NO. The first kappa shape index (κ1) is 16.4. The number of nitrogens with one attached hydrogen (secondary N) is 1. The maximum absolute atomic E-state index is 5.90. The number of ether oxygens (including phenoxy) is 1. The van der Waals surface area contributed by atoms with E-state index in [9.17, 15) is 0 Å². The second kappa shape index (κ2) is 8.47. The smallest absolute Gasteiger partial charge is 0.127 e. The third kappa shape index (κ3) is 4.76. The van der Waals surface area contributed by atoms with Gasteiger partial charge in [-0.1, -0.05) is 40.0 Å². The number of aryl methyl sites for hydroxylation is 1. The standard InChI is InChI=1S/C18H27NO/c1-6-11-19-15(5)13-20-18-10-9-16(8-3)12-17(18)14(4)7-2/h9-10,12,19H,4-8,11,13H2,1-3H3. The molecule has 0 heterocycles. The van der Waals surface area contributed by atoms with Crippen molar-refractivity contribution in [2.24, 2.45) is 0 Å². The van der Waals surface area contributed by atoms with Gasteiger partial charge in [0.05, 0.1) is 0 Å². The van der Waals surface area contributed by atoms with Crippen LogP contribution in [-0.4, -0.2) is 13.2 Å². The largest absolute Gasteiger partial charge is 0.487 e. The van der Waals surface area contributed by atoms with Crippen molar-refractivity contribution in [2.75, 3.05) is 13.2 Å². The lowest BCUT2D eigenvalue weighted by atomic mass is 10.0. The number of hydrogen-bond donors (Lipinski definition) is 1. The predicted molar refractivity (Wildman–Crippen MR) is 88.1 cm³/mol. The van der Waals surface area contributed by atoms with E-state index in [1.807, 2.05) is 6.07 Å². The van der Waals surface area contributed by atoms with Gasteiger partial charge in [0.1, 0.15) is 12.4 Å². The fourth-order valence-electron chi connectivity index (χ4n) is 1.91. The fraction of sp³-hybridized carbons (Fsp3) is 0.444. The van der Waals surface area contributed by atoms with Gasteiger partial charge in [-0.2, -0.15) is 0 Å². The molecule has 0 bridgehead atoms. The first-order valence-corrected chi connectivity index (χ1v) is 7.47. The van der Waals surface area contributed by atoms with E-state index in [1.54, 1.807) is 0 Å². The normalized spacial score (nSPS) is 10.2. The molecule has 0 aromatic heterocycles. The Morgan fingerprint density at radius 3 is 2.55 bits per heavy atom. The van der Waals surface area contributed by atoms with Gasteiger partial charge < -0.3 is 10.1 Å². The summed E-state index contributed by atoms with van der Waals surface area (Å²) in [4.78, 5) is 0. The van der Waals surface area contributed by atoms with Crippen LogP contribution in [0.2, 0.25) is 0 Å². The molecule has 2 heteroatoms. The highest BCUT2D eigenvalue weighted by atomic mass is 16.5. The summed E-state index contributed by atoms with van der Waals surface area (Å²) in [6, 6.07) is 6.34. The van der Waals surface area contributed by atoms with Crippen molar-refractivity contribution in [3.8, 4) is 5.75 Å². The van der Waals surface area contributed by atoms with E-state index in [1.165, 1.54) is 5.56 Å². The third-order valence-electron chi connectivity index (χ3n) is 3.29. The Balaban J connectivity index is 2.78. The second-order valence-corrected chi connectivity index (χ2v) is 4.96. The monoisotopic (exact) mass is 273 g/mol. The van der Waals surface area contributed by atoms with Gasteiger partial charge in [-0.15, -0.1) is 0 Å². The lowest BCUT2D eigenvalue weighted by molar-refractivity contribution is 0.342. The molecule has 1 aromatic rings. The Hall–Kier alpha value is -1.70. The minimum Gasteiger partial charge on any atom is -0.487 e. The summed E-state index contributed by atoms with van der Waals surface area (Å²) in [5, 5.41) is 3.25. The first-order valence-electron chi connectivity index (χ1n) is 7.47. The summed E-state index contributed by atoms with van der Waals surface area (Å²) in [6.07, 6.45) is 3.04. The van der Waals surface area contributed by atoms with Crippen molar-refractivity contribution in [1.29, 1.82) is 0 Å². The molecule has 0 spiro atoms. The van der Waals surface area contributed by atoms with Crippen LogP contribution in [0, 0.1) is 0 Å². The molecule has 110 valence electrons. The van der Waals surface area contributed by atoms with Crippen LogP contribution in [0.5, 0.6) is 5.75 Å². The average molecular weight is 273 g/mol. The van der Waals surface area contributed by atoms with Crippen LogP contribution in [0.4, 0.5) is 0 Å². The topological polar surface area (TPSA) is 21.3 Å². The molecule has 1 N–H and O–H groups in total. The van der Waals surface area contributed by atoms with E-state index < -0.39 is 0 Å². The lowest BCUT2D eigenvalue weighted by Gasteiger charge is -2.15. The van der Waals surface area contributed by atoms with E-state index in [0.717, 1.165) is 48.4 Å². The van der Waals surface area contributed by atoms with E-state index in [2.05, 4.69) is 51.4 Å². The highest BCUT2D eigenvalue weighted by molar-refractivity contribution is 5.69. The summed E-state index contributed by atoms with van der Waals surface area (Å²) >= 11 is 0. The Morgan fingerprint density at radius 1 is 1.20 bits per heavy atom. The van der Waals surface area contributed by atoms with Gasteiger partial charge >= 0.3 is 0 Å². The molecule has 0 aliphatic rings. The number of rotatable bonds is 9. The zero-order valence-corrected chi connectivity index (χ0v) is 13.1. The molecule has 20 heavy (non-hydrogen) atoms. The second-order valence-electron chi connectivity index (χ2n) is 4.96. The summed E-state index contributed by atoms with van der Waals surface area (Å²) in [5.74, 6) is 0.897. The number of allylic oxidation sites excluding steroid dienone is 1. The van der Waals surface area contributed by atoms with Crippen LogP contribution in [0.25, 0.3) is 5.57 Å². The zero-order valence-electron chi connectivity index (χ0n) is 13.1. The molecule has 0 saturated carbocycles. The fourth-order valence-corrected chi connectivity index (χ4v) is 1.91. The summed E-state index contributed by atoms with van der Waals surface area (Å²) in [6.45, 7) is 16.0. The molecule has 0 aliphatic carbocycles. The molecule has 0 aliphatic heterocycles. The maximum atomic E-state index is 5.90. The zero-order chi connectivity index (χ0) is 15.0.